The summed E-state index contributed by atoms with van der Waals surface area (Å²) in [5.41, 5.74) is 0. The van der Waals surface area contributed by atoms with Crippen LogP contribution in [-0.4, -0.2) is 58.1 Å². The van der Waals surface area contributed by atoms with E-state index in [4.69, 9.17) is 8.59 Å². The van der Waals surface area contributed by atoms with E-state index in [0.717, 1.165) is 6.92 Å². The Bertz CT molecular complexity index is 142. The molecule has 0 spiro atoms. The molecule has 0 aromatic carbocycles. The van der Waals surface area contributed by atoms with Gasteiger partial charge >= 0.3 is 0 Å². The molecule has 0 amide bonds. The summed E-state index contributed by atoms with van der Waals surface area (Å²) in [6, 6.07) is 0. The van der Waals surface area contributed by atoms with Crippen molar-refractivity contribution >= 4 is 0 Å². The van der Waals surface area contributed by atoms with E-state index in [1.54, 1.807) is 6.92 Å². The first kappa shape index (κ1) is 15.8. The summed E-state index contributed by atoms with van der Waals surface area (Å²) >= 11 is 0. The molecule has 0 saturated carbocycles. The highest BCUT2D eigenvalue weighted by atomic mass is 16.7. The molecule has 0 heterocycles. The van der Waals surface area contributed by atoms with Crippen LogP contribution in [0.4, 0.5) is 0 Å². The van der Waals surface area contributed by atoms with Crippen LogP contribution >= 0.6 is 0 Å². The zero-order chi connectivity index (χ0) is 15.0. The predicted octanol–water partition coefficient (Wildman–Crippen LogP) is 0.497. The van der Waals surface area contributed by atoms with Gasteiger partial charge in [0.15, 0.2) is 0 Å². The van der Waals surface area contributed by atoms with Crippen molar-refractivity contribution in [2.24, 2.45) is 0 Å². The molecular weight excluding hydrogens is 216 g/mol. The Labute approximate surface area is 110 Å². The highest BCUT2D eigenvalue weighted by Crippen LogP contribution is 1.82. The van der Waals surface area contributed by atoms with E-state index >= 15 is 0 Å². The Hall–Kier alpha value is -0.240. The average molecular weight is 262 g/mol. The molecule has 6 heteroatoms. The van der Waals surface area contributed by atoms with Crippen molar-refractivity contribution in [1.29, 1.82) is 8.59 Å². The first-order valence-corrected chi connectivity index (χ1v) is 3.16. The number of hydrogen-bond acceptors (Lipinski definition) is 6. The maximum absolute atomic E-state index is 6.17. The molecule has 0 rings (SSSR count). The van der Waals surface area contributed by atoms with Crippen LogP contribution in [0, 0.1) is 0 Å². The van der Waals surface area contributed by atoms with Crippen molar-refractivity contribution in [2.75, 3.05) is 6.61 Å². The molecule has 0 aromatic rings. The molecule has 110 valence electrons. The zero-order valence-electron chi connectivity index (χ0n) is 13.2. The summed E-state index contributed by atoms with van der Waals surface area (Å²) in [5.74, 6) is -1.88. The predicted molar refractivity (Wildman–Crippen MR) is 68.6 cm³/mol. The van der Waals surface area contributed by atoms with Gasteiger partial charge in [-0.25, -0.2) is 0 Å². The number of aliphatic hydroxyl groups excluding tert-OH is 2. The van der Waals surface area contributed by atoms with Gasteiger partial charge in [0.05, 0.1) is 0 Å². The van der Waals surface area contributed by atoms with Crippen molar-refractivity contribution in [3.8, 4) is 0 Å². The lowest BCUT2D eigenvalue weighted by molar-refractivity contribution is -0.297. The van der Waals surface area contributed by atoms with Gasteiger partial charge in [-0.15, -0.1) is 0 Å². The molecule has 0 radical (unpaired) electrons. The second kappa shape index (κ2) is 29.3. The Morgan fingerprint density at radius 1 is 1.06 bits per heavy atom. The van der Waals surface area contributed by atoms with Gasteiger partial charge in [0.25, 0.3) is 5.97 Å². The van der Waals surface area contributed by atoms with Crippen LogP contribution in [0.3, 0.4) is 0 Å². The molecule has 0 bridgehead atoms. The van der Waals surface area contributed by atoms with Crippen LogP contribution < -0.4 is 0 Å². The van der Waals surface area contributed by atoms with Crippen molar-refractivity contribution < 1.29 is 30.7 Å². The second-order valence-corrected chi connectivity index (χ2v) is 1.72. The average Bonchev–Trinajstić information content (AvgIpc) is 2.46. The highest BCUT2D eigenvalue weighted by molar-refractivity contribution is 4.21. The molecule has 16 heavy (non-hydrogen) atoms. The molecule has 0 fully saturated rings. The van der Waals surface area contributed by atoms with Gasteiger partial charge in [-0.1, -0.05) is 29.7 Å². The third-order valence-corrected chi connectivity index (χ3v) is 0. The number of aliphatic hydroxyl groups is 6. The maximum Gasteiger partial charge on any atom is 0.272 e. The van der Waals surface area contributed by atoms with Crippen LogP contribution in [0.15, 0.2) is 0 Å². The molecular formula is C10H34O6. The molecule has 0 aliphatic carbocycles. The normalized spacial score (nSPS) is 12.0. The summed E-state index contributed by atoms with van der Waals surface area (Å²) < 4.78 is 36.6. The molecule has 0 aliphatic rings. The molecule has 6 N–H and O–H groups in total. The van der Waals surface area contributed by atoms with Crippen molar-refractivity contribution in [3.05, 3.63) is 0 Å². The van der Waals surface area contributed by atoms with Gasteiger partial charge in [0, 0.05) is 13.5 Å². The molecule has 0 atom stereocenters. The first-order chi connectivity index (χ1) is 8.40. The molecule has 6 nitrogen and oxygen atoms in total. The lowest BCUT2D eigenvalue weighted by atomic mass is 10.7. The van der Waals surface area contributed by atoms with Crippen LogP contribution in [0.1, 0.15) is 50.5 Å². The first-order valence-electron chi connectivity index (χ1n) is 5.61. The Kier molecular flexibility index (Phi) is 28.9. The van der Waals surface area contributed by atoms with Crippen molar-refractivity contribution in [2.45, 2.75) is 62.7 Å². The summed E-state index contributed by atoms with van der Waals surface area (Å²) in [5, 5.41) is 22.3. The smallest absolute Gasteiger partial charge is 0.272 e. The van der Waals surface area contributed by atoms with Crippen LogP contribution in [0.25, 0.3) is 0 Å². The fourth-order valence-electron chi connectivity index (χ4n) is 0. The molecule has 0 saturated heterocycles. The Balaban J connectivity index is -0.0000000294. The lowest BCUT2D eigenvalue weighted by Gasteiger charge is -2.01. The summed E-state index contributed by atoms with van der Waals surface area (Å²) in [6.07, 6.45) is -0.731. The van der Waals surface area contributed by atoms with E-state index in [9.17, 15) is 0 Å². The fraction of sp³-hybridized carbons (Fsp3) is 1.00. The second-order valence-electron chi connectivity index (χ2n) is 1.72. The summed E-state index contributed by atoms with van der Waals surface area (Å²) in [7, 11) is 0. The lowest BCUT2D eigenvalue weighted by Crippen LogP contribution is -2.20. The highest BCUT2D eigenvalue weighted by Gasteiger charge is 2.03. The quantitative estimate of drug-likeness (QED) is 0.388. The Morgan fingerprint density at radius 2 is 1.38 bits per heavy atom. The zero-order valence-corrected chi connectivity index (χ0v) is 7.23. The maximum atomic E-state index is 6.17. The van der Waals surface area contributed by atoms with Gasteiger partial charge < -0.3 is 30.7 Å². The van der Waals surface area contributed by atoms with Gasteiger partial charge in [0.1, 0.15) is 6.29 Å². The van der Waals surface area contributed by atoms with E-state index < -0.39 is 12.3 Å². The standard InChI is InChI=1S/C2H6O3.C2H6O2.C2H6O.4CH4/c1-2(3,4)5;1-2(3)4;1-2-3;;;;/h3-5H,1H3;2-4H,1H3;3H,2H2,1H3;4*1H4/i3T,4T,5T;3T,4T;3T;;;;. The van der Waals surface area contributed by atoms with Gasteiger partial charge in [-0.2, -0.15) is 0 Å². The third-order valence-electron chi connectivity index (χ3n) is 0. The molecule has 0 unspecified atom stereocenters. The van der Waals surface area contributed by atoms with Crippen LogP contribution in [0.5, 0.6) is 0 Å². The van der Waals surface area contributed by atoms with Gasteiger partial charge in [-0.05, 0) is 13.8 Å². The van der Waals surface area contributed by atoms with E-state index in [1.807, 2.05) is 0 Å². The number of hydrogen-bond donors (Lipinski definition) is 6. The van der Waals surface area contributed by atoms with Gasteiger partial charge in [-0.3, -0.25) is 0 Å². The van der Waals surface area contributed by atoms with Crippen molar-refractivity contribution in [3.63, 3.8) is 0 Å². The fourth-order valence-corrected chi connectivity index (χ4v) is 0. The van der Waals surface area contributed by atoms with Crippen LogP contribution in [-0.2, 0) is 0 Å². The third kappa shape index (κ3) is 38900. The Morgan fingerprint density at radius 3 is 1.38 bits per heavy atom. The largest absolute Gasteiger partial charge is 0.397 e. The topological polar surface area (TPSA) is 121 Å². The summed E-state index contributed by atoms with van der Waals surface area (Å²) in [6.45, 7) is 4.84. The van der Waals surface area contributed by atoms with E-state index in [0.29, 0.717) is 6.61 Å². The monoisotopic (exact) mass is 262 g/mol. The minimum Gasteiger partial charge on any atom is -0.397 e. The molecule has 0 aromatic heterocycles. The molecule has 0 aliphatic heterocycles. The van der Waals surface area contributed by atoms with E-state index in [2.05, 4.69) is 30.7 Å². The minimum absolute atomic E-state index is 0. The summed E-state index contributed by atoms with van der Waals surface area (Å²) in [4.78, 5) is 0. The number of rotatable bonds is 6. The SMILES string of the molecule is C.C.C.C.[3H]OC(C)(O[3H])O[3H].[3H]OC(C)O[3H].[3H]OCC. The minimum atomic E-state index is -1.88. The van der Waals surface area contributed by atoms with Crippen LogP contribution in [0.2, 0.25) is 0 Å². The van der Waals surface area contributed by atoms with Gasteiger partial charge in [0.2, 0.25) is 8.59 Å². The van der Waals surface area contributed by atoms with E-state index in [1.165, 1.54) is 6.92 Å². The van der Waals surface area contributed by atoms with E-state index in [-0.39, 0.29) is 29.7 Å². The van der Waals surface area contributed by atoms with Crippen molar-refractivity contribution in [1.82, 2.24) is 0 Å².